The minimum atomic E-state index is -0.0137. The lowest BCUT2D eigenvalue weighted by Gasteiger charge is -2.35. The van der Waals surface area contributed by atoms with Crippen molar-refractivity contribution in [1.29, 1.82) is 0 Å². The lowest BCUT2D eigenvalue weighted by Crippen LogP contribution is -2.39. The number of fused-ring (bicyclic) bond motifs is 1. The predicted molar refractivity (Wildman–Crippen MR) is 92.5 cm³/mol. The second-order valence-electron chi connectivity index (χ2n) is 6.64. The van der Waals surface area contributed by atoms with E-state index in [9.17, 15) is 9.59 Å². The van der Waals surface area contributed by atoms with E-state index in [0.717, 1.165) is 55.0 Å². The number of carbonyl (C=O) groups excluding carboxylic acids is 2. The SMILES string of the molecule is Cc1[nH]c2c(c1C(=O)N1CCCCC1c1nccs1)C(=O)CCC2. The molecule has 0 radical (unpaired) electrons. The number of piperidine rings is 1. The van der Waals surface area contributed by atoms with Crippen molar-refractivity contribution >= 4 is 23.0 Å². The topological polar surface area (TPSA) is 66.1 Å². The Balaban J connectivity index is 1.73. The zero-order chi connectivity index (χ0) is 16.7. The van der Waals surface area contributed by atoms with Gasteiger partial charge in [-0.3, -0.25) is 9.59 Å². The Morgan fingerprint density at radius 2 is 2.21 bits per heavy atom. The van der Waals surface area contributed by atoms with Gasteiger partial charge in [0.15, 0.2) is 5.78 Å². The van der Waals surface area contributed by atoms with Gasteiger partial charge in [0.2, 0.25) is 0 Å². The number of carbonyl (C=O) groups is 2. The predicted octanol–water partition coefficient (Wildman–Crippen LogP) is 3.67. The normalized spacial score (nSPS) is 21.0. The molecular formula is C18H21N3O2S. The number of nitrogens with one attached hydrogen (secondary N) is 1. The zero-order valence-electron chi connectivity index (χ0n) is 13.8. The Morgan fingerprint density at radius 1 is 1.33 bits per heavy atom. The first-order valence-electron chi connectivity index (χ1n) is 8.62. The summed E-state index contributed by atoms with van der Waals surface area (Å²) in [4.78, 5) is 35.4. The summed E-state index contributed by atoms with van der Waals surface area (Å²) in [6, 6.07) is 0.0369. The van der Waals surface area contributed by atoms with Gasteiger partial charge in [0.1, 0.15) is 5.01 Å². The highest BCUT2D eigenvalue weighted by molar-refractivity contribution is 7.09. The van der Waals surface area contributed by atoms with E-state index in [2.05, 4.69) is 9.97 Å². The Kier molecular flexibility index (Phi) is 4.00. The van der Waals surface area contributed by atoms with Crippen LogP contribution < -0.4 is 0 Å². The van der Waals surface area contributed by atoms with E-state index < -0.39 is 0 Å². The highest BCUT2D eigenvalue weighted by atomic mass is 32.1. The first kappa shape index (κ1) is 15.6. The van der Waals surface area contributed by atoms with Gasteiger partial charge in [0, 0.05) is 35.9 Å². The lowest BCUT2D eigenvalue weighted by molar-refractivity contribution is 0.0607. The number of ketones is 1. The fraction of sp³-hybridized carbons (Fsp3) is 0.500. The lowest BCUT2D eigenvalue weighted by atomic mass is 9.92. The second-order valence-corrected chi connectivity index (χ2v) is 7.56. The van der Waals surface area contributed by atoms with E-state index in [1.165, 1.54) is 0 Å². The molecule has 1 saturated heterocycles. The minimum absolute atomic E-state index is 0.0137. The number of aromatic nitrogens is 2. The molecular weight excluding hydrogens is 322 g/mol. The summed E-state index contributed by atoms with van der Waals surface area (Å²) in [5.41, 5.74) is 3.00. The van der Waals surface area contributed by atoms with Crippen molar-refractivity contribution in [2.45, 2.75) is 51.5 Å². The van der Waals surface area contributed by atoms with Gasteiger partial charge in [-0.25, -0.2) is 4.98 Å². The molecule has 6 heteroatoms. The number of aryl methyl sites for hydroxylation is 2. The van der Waals surface area contributed by atoms with Crippen LogP contribution >= 0.6 is 11.3 Å². The third-order valence-corrected chi connectivity index (χ3v) is 5.97. The van der Waals surface area contributed by atoms with Crippen LogP contribution in [0.15, 0.2) is 11.6 Å². The van der Waals surface area contributed by atoms with Crippen molar-refractivity contribution < 1.29 is 9.59 Å². The first-order chi connectivity index (χ1) is 11.7. The Morgan fingerprint density at radius 3 is 3.00 bits per heavy atom. The molecule has 1 atom stereocenters. The summed E-state index contributed by atoms with van der Waals surface area (Å²) in [5.74, 6) is 0.0897. The van der Waals surface area contributed by atoms with Crippen LogP contribution in [-0.2, 0) is 6.42 Å². The smallest absolute Gasteiger partial charge is 0.257 e. The fourth-order valence-electron chi connectivity index (χ4n) is 3.98. The molecule has 1 aliphatic carbocycles. The summed E-state index contributed by atoms with van der Waals surface area (Å²) >= 11 is 1.60. The van der Waals surface area contributed by atoms with Crippen molar-refractivity contribution in [1.82, 2.24) is 14.9 Å². The van der Waals surface area contributed by atoms with Gasteiger partial charge in [-0.2, -0.15) is 0 Å². The van der Waals surface area contributed by atoms with E-state index >= 15 is 0 Å². The standard InChI is InChI=1S/C18H21N3O2S/c1-11-15(16-12(20-11)5-4-7-14(16)22)18(23)21-9-3-2-6-13(21)17-19-8-10-24-17/h8,10,13,20H,2-7,9H2,1H3. The minimum Gasteiger partial charge on any atom is -0.361 e. The Labute approximate surface area is 145 Å². The highest BCUT2D eigenvalue weighted by Crippen LogP contribution is 2.35. The quantitative estimate of drug-likeness (QED) is 0.905. The third kappa shape index (κ3) is 2.49. The Hall–Kier alpha value is -1.95. The third-order valence-electron chi connectivity index (χ3n) is 5.09. The molecule has 24 heavy (non-hydrogen) atoms. The molecule has 0 aromatic carbocycles. The molecule has 4 rings (SSSR count). The van der Waals surface area contributed by atoms with Crippen molar-refractivity contribution in [2.24, 2.45) is 0 Å². The zero-order valence-corrected chi connectivity index (χ0v) is 14.6. The van der Waals surface area contributed by atoms with Gasteiger partial charge < -0.3 is 9.88 Å². The molecule has 0 spiro atoms. The van der Waals surface area contributed by atoms with Crippen LogP contribution in [0.1, 0.15) is 75.3 Å². The average molecular weight is 343 g/mol. The molecule has 0 bridgehead atoms. The van der Waals surface area contributed by atoms with E-state index in [1.807, 2.05) is 17.2 Å². The van der Waals surface area contributed by atoms with Crippen LogP contribution in [0.4, 0.5) is 0 Å². The van der Waals surface area contributed by atoms with Crippen LogP contribution in [0.5, 0.6) is 0 Å². The fourth-order valence-corrected chi connectivity index (χ4v) is 4.76. The highest BCUT2D eigenvalue weighted by Gasteiger charge is 2.35. The molecule has 1 unspecified atom stereocenters. The van der Waals surface area contributed by atoms with Gasteiger partial charge in [0.25, 0.3) is 5.91 Å². The molecule has 2 aromatic heterocycles. The van der Waals surface area contributed by atoms with E-state index in [4.69, 9.17) is 0 Å². The van der Waals surface area contributed by atoms with Crippen LogP contribution in [0, 0.1) is 6.92 Å². The van der Waals surface area contributed by atoms with Crippen molar-refractivity contribution in [2.75, 3.05) is 6.54 Å². The number of hydrogen-bond donors (Lipinski definition) is 1. The van der Waals surface area contributed by atoms with Crippen molar-refractivity contribution in [3.05, 3.63) is 39.1 Å². The van der Waals surface area contributed by atoms with Gasteiger partial charge >= 0.3 is 0 Å². The number of rotatable bonds is 2. The second kappa shape index (κ2) is 6.16. The average Bonchev–Trinajstić information content (AvgIpc) is 3.22. The summed E-state index contributed by atoms with van der Waals surface area (Å²) in [7, 11) is 0. The molecule has 126 valence electrons. The van der Waals surface area contributed by atoms with Gasteiger partial charge in [-0.1, -0.05) is 0 Å². The summed E-state index contributed by atoms with van der Waals surface area (Å²) in [5, 5.41) is 2.95. The number of thiazole rings is 1. The molecule has 2 aliphatic rings. The number of amides is 1. The number of hydrogen-bond acceptors (Lipinski definition) is 4. The maximum atomic E-state index is 13.3. The van der Waals surface area contributed by atoms with Gasteiger partial charge in [-0.05, 0) is 39.0 Å². The number of H-pyrrole nitrogens is 1. The Bertz CT molecular complexity index is 779. The van der Waals surface area contributed by atoms with Crippen LogP contribution in [0.3, 0.4) is 0 Å². The first-order valence-corrected chi connectivity index (χ1v) is 9.49. The van der Waals surface area contributed by atoms with Gasteiger partial charge in [-0.15, -0.1) is 11.3 Å². The van der Waals surface area contributed by atoms with E-state index in [1.54, 1.807) is 17.5 Å². The van der Waals surface area contributed by atoms with Crippen LogP contribution in [-0.4, -0.2) is 33.1 Å². The van der Waals surface area contributed by atoms with Gasteiger partial charge in [0.05, 0.1) is 17.2 Å². The summed E-state index contributed by atoms with van der Waals surface area (Å²) in [6.07, 6.45) is 7.12. The maximum Gasteiger partial charge on any atom is 0.257 e. The summed E-state index contributed by atoms with van der Waals surface area (Å²) in [6.45, 7) is 2.64. The van der Waals surface area contributed by atoms with Crippen LogP contribution in [0.2, 0.25) is 0 Å². The van der Waals surface area contributed by atoms with E-state index in [0.29, 0.717) is 17.5 Å². The van der Waals surface area contributed by atoms with Crippen molar-refractivity contribution in [3.63, 3.8) is 0 Å². The van der Waals surface area contributed by atoms with E-state index in [-0.39, 0.29) is 17.7 Å². The van der Waals surface area contributed by atoms with Crippen LogP contribution in [0.25, 0.3) is 0 Å². The molecule has 0 saturated carbocycles. The number of likely N-dealkylation sites (tertiary alicyclic amines) is 1. The maximum absolute atomic E-state index is 13.3. The molecule has 1 amide bonds. The molecule has 1 fully saturated rings. The molecule has 1 aliphatic heterocycles. The summed E-state index contributed by atoms with van der Waals surface area (Å²) < 4.78 is 0. The van der Waals surface area contributed by atoms with Crippen molar-refractivity contribution in [3.8, 4) is 0 Å². The largest absolute Gasteiger partial charge is 0.361 e. The molecule has 3 heterocycles. The number of Topliss-reactive ketones (excluding diaryl/α,β-unsaturated/α-hetero) is 1. The molecule has 2 aromatic rings. The molecule has 1 N–H and O–H groups in total. The number of aromatic amines is 1. The number of nitrogens with zero attached hydrogens (tertiary/aromatic N) is 2. The molecule has 5 nitrogen and oxygen atoms in total. The monoisotopic (exact) mass is 343 g/mol.